The molecule has 1 aromatic carbocycles. The summed E-state index contributed by atoms with van der Waals surface area (Å²) in [5.41, 5.74) is 2.19. The lowest BCUT2D eigenvalue weighted by atomic mass is 9.96. The number of furan rings is 1. The number of carbonyl (C=O) groups is 1. The maximum atomic E-state index is 11.9. The van der Waals surface area contributed by atoms with Crippen molar-refractivity contribution >= 4 is 16.9 Å². The number of hydrogen-bond donors (Lipinski definition) is 0. The molecule has 4 heteroatoms. The standard InChI is InChI=1S/C13H12O4/c1-7-5-8-6-10-9(3-4-16-10)12(15-2)11(8)13(14)17-7/h3-4,6-7H,5H2,1-2H3/t7-/m1/s1. The molecule has 17 heavy (non-hydrogen) atoms. The maximum absolute atomic E-state index is 11.9. The number of cyclic esters (lactones) is 1. The second kappa shape index (κ2) is 3.52. The third-order valence-corrected chi connectivity index (χ3v) is 3.02. The van der Waals surface area contributed by atoms with Crippen LogP contribution in [0, 0.1) is 0 Å². The highest BCUT2D eigenvalue weighted by Gasteiger charge is 2.29. The molecule has 1 aliphatic heterocycles. The summed E-state index contributed by atoms with van der Waals surface area (Å²) in [4.78, 5) is 11.9. The topological polar surface area (TPSA) is 48.7 Å². The molecule has 0 bridgehead atoms. The predicted molar refractivity (Wildman–Crippen MR) is 61.3 cm³/mol. The van der Waals surface area contributed by atoms with Crippen LogP contribution in [-0.2, 0) is 11.2 Å². The Hall–Kier alpha value is -1.97. The number of ether oxygens (including phenoxy) is 2. The van der Waals surface area contributed by atoms with E-state index < -0.39 is 0 Å². The zero-order valence-electron chi connectivity index (χ0n) is 9.65. The fraction of sp³-hybridized carbons (Fsp3) is 0.308. The van der Waals surface area contributed by atoms with Gasteiger partial charge in [0.15, 0.2) is 0 Å². The van der Waals surface area contributed by atoms with Crippen LogP contribution >= 0.6 is 0 Å². The number of benzene rings is 1. The van der Waals surface area contributed by atoms with Crippen molar-refractivity contribution in [2.75, 3.05) is 7.11 Å². The quantitative estimate of drug-likeness (QED) is 0.709. The van der Waals surface area contributed by atoms with Gasteiger partial charge in [0.25, 0.3) is 0 Å². The average molecular weight is 232 g/mol. The highest BCUT2D eigenvalue weighted by molar-refractivity contribution is 6.02. The van der Waals surface area contributed by atoms with Gasteiger partial charge in [0.1, 0.15) is 23.0 Å². The molecule has 0 saturated carbocycles. The molecule has 0 amide bonds. The van der Waals surface area contributed by atoms with Gasteiger partial charge in [-0.05, 0) is 24.6 Å². The predicted octanol–water partition coefficient (Wildman–Crippen LogP) is 2.54. The Morgan fingerprint density at radius 3 is 3.06 bits per heavy atom. The van der Waals surface area contributed by atoms with E-state index in [-0.39, 0.29) is 12.1 Å². The van der Waals surface area contributed by atoms with Crippen LogP contribution in [0.5, 0.6) is 5.75 Å². The lowest BCUT2D eigenvalue weighted by Gasteiger charge is -2.23. The molecule has 0 fully saturated rings. The molecular formula is C13H12O4. The summed E-state index contributed by atoms with van der Waals surface area (Å²) in [5.74, 6) is 0.224. The Morgan fingerprint density at radius 1 is 1.47 bits per heavy atom. The largest absolute Gasteiger partial charge is 0.495 e. The average Bonchev–Trinajstić information content (AvgIpc) is 2.73. The van der Waals surface area contributed by atoms with Gasteiger partial charge in [-0.15, -0.1) is 0 Å². The van der Waals surface area contributed by atoms with Gasteiger partial charge >= 0.3 is 5.97 Å². The van der Waals surface area contributed by atoms with Gasteiger partial charge < -0.3 is 13.9 Å². The maximum Gasteiger partial charge on any atom is 0.342 e. The highest BCUT2D eigenvalue weighted by Crippen LogP contribution is 2.36. The van der Waals surface area contributed by atoms with E-state index in [4.69, 9.17) is 13.9 Å². The SMILES string of the molecule is COc1c2c(cc3occc13)C[C@@H](C)OC2=O. The lowest BCUT2D eigenvalue weighted by molar-refractivity contribution is 0.0297. The Kier molecular flexibility index (Phi) is 2.11. The lowest BCUT2D eigenvalue weighted by Crippen LogP contribution is -2.25. The zero-order chi connectivity index (χ0) is 12.0. The van der Waals surface area contributed by atoms with Gasteiger partial charge in [0.05, 0.1) is 18.8 Å². The monoisotopic (exact) mass is 232 g/mol. The molecule has 0 unspecified atom stereocenters. The first-order chi connectivity index (χ1) is 8.20. The van der Waals surface area contributed by atoms with Crippen LogP contribution in [0.1, 0.15) is 22.8 Å². The van der Waals surface area contributed by atoms with E-state index in [1.54, 1.807) is 19.4 Å². The molecule has 0 saturated heterocycles. The summed E-state index contributed by atoms with van der Waals surface area (Å²) in [6.45, 7) is 1.87. The van der Waals surface area contributed by atoms with Gasteiger partial charge in [-0.1, -0.05) is 0 Å². The van der Waals surface area contributed by atoms with Gasteiger partial charge in [-0.3, -0.25) is 0 Å². The van der Waals surface area contributed by atoms with Crippen molar-refractivity contribution in [2.24, 2.45) is 0 Å². The van der Waals surface area contributed by atoms with Gasteiger partial charge in [0.2, 0.25) is 0 Å². The molecule has 0 radical (unpaired) electrons. The summed E-state index contributed by atoms with van der Waals surface area (Å²) in [7, 11) is 1.55. The van der Waals surface area contributed by atoms with E-state index in [1.165, 1.54) is 0 Å². The third-order valence-electron chi connectivity index (χ3n) is 3.02. The zero-order valence-corrected chi connectivity index (χ0v) is 9.65. The van der Waals surface area contributed by atoms with Crippen molar-refractivity contribution in [1.82, 2.24) is 0 Å². The van der Waals surface area contributed by atoms with E-state index in [1.807, 2.05) is 13.0 Å². The molecule has 2 aromatic rings. The number of hydrogen-bond acceptors (Lipinski definition) is 4. The third kappa shape index (κ3) is 1.40. The van der Waals surface area contributed by atoms with Crippen LogP contribution in [0.2, 0.25) is 0 Å². The summed E-state index contributed by atoms with van der Waals surface area (Å²) in [5, 5.41) is 0.803. The van der Waals surface area contributed by atoms with Crippen LogP contribution in [-0.4, -0.2) is 19.2 Å². The van der Waals surface area contributed by atoms with Crippen molar-refractivity contribution in [1.29, 1.82) is 0 Å². The number of rotatable bonds is 1. The first-order valence-electron chi connectivity index (χ1n) is 5.48. The molecule has 0 aliphatic carbocycles. The number of carbonyl (C=O) groups excluding carboxylic acids is 1. The minimum absolute atomic E-state index is 0.105. The molecule has 1 atom stereocenters. The summed E-state index contributed by atoms with van der Waals surface area (Å²) < 4.78 is 15.9. The van der Waals surface area contributed by atoms with Gasteiger partial charge in [-0.25, -0.2) is 4.79 Å². The van der Waals surface area contributed by atoms with Gasteiger partial charge in [-0.2, -0.15) is 0 Å². The Labute approximate surface area is 98.1 Å². The summed E-state index contributed by atoms with van der Waals surface area (Å²) in [6, 6.07) is 3.68. The summed E-state index contributed by atoms with van der Waals surface area (Å²) >= 11 is 0. The Bertz CT molecular complexity index is 597. The van der Waals surface area contributed by atoms with Crippen molar-refractivity contribution in [3.8, 4) is 5.75 Å². The Morgan fingerprint density at radius 2 is 2.29 bits per heavy atom. The molecule has 1 aromatic heterocycles. The minimum Gasteiger partial charge on any atom is -0.495 e. The second-order valence-corrected chi connectivity index (χ2v) is 4.20. The van der Waals surface area contributed by atoms with E-state index in [0.717, 1.165) is 16.5 Å². The molecule has 4 nitrogen and oxygen atoms in total. The molecule has 2 heterocycles. The van der Waals surface area contributed by atoms with E-state index >= 15 is 0 Å². The first-order valence-corrected chi connectivity index (χ1v) is 5.48. The smallest absolute Gasteiger partial charge is 0.342 e. The molecule has 1 aliphatic rings. The molecule has 0 spiro atoms. The first kappa shape index (κ1) is 10.2. The number of esters is 1. The van der Waals surface area contributed by atoms with Crippen molar-refractivity contribution < 1.29 is 18.7 Å². The van der Waals surface area contributed by atoms with Crippen LogP contribution in [0.3, 0.4) is 0 Å². The normalized spacial score (nSPS) is 18.9. The van der Waals surface area contributed by atoms with Crippen molar-refractivity contribution in [3.63, 3.8) is 0 Å². The number of methoxy groups -OCH3 is 1. The van der Waals surface area contributed by atoms with Crippen molar-refractivity contribution in [2.45, 2.75) is 19.4 Å². The fourth-order valence-corrected chi connectivity index (χ4v) is 2.32. The molecule has 0 N–H and O–H groups in total. The molecule has 88 valence electrons. The van der Waals surface area contributed by atoms with Crippen LogP contribution in [0.25, 0.3) is 11.0 Å². The van der Waals surface area contributed by atoms with E-state index in [2.05, 4.69) is 0 Å². The fourth-order valence-electron chi connectivity index (χ4n) is 2.32. The summed E-state index contributed by atoms with van der Waals surface area (Å²) in [6.07, 6.45) is 2.17. The van der Waals surface area contributed by atoms with Crippen molar-refractivity contribution in [3.05, 3.63) is 29.5 Å². The molecule has 3 rings (SSSR count). The van der Waals surface area contributed by atoms with Crippen LogP contribution in [0.15, 0.2) is 22.8 Å². The van der Waals surface area contributed by atoms with E-state index in [9.17, 15) is 4.79 Å². The Balaban J connectivity index is 2.34. The van der Waals surface area contributed by atoms with Gasteiger partial charge in [0, 0.05) is 6.42 Å². The number of fused-ring (bicyclic) bond motifs is 2. The minimum atomic E-state index is -0.321. The van der Waals surface area contributed by atoms with Crippen LogP contribution < -0.4 is 4.74 Å². The molecular weight excluding hydrogens is 220 g/mol. The van der Waals surface area contributed by atoms with Crippen LogP contribution in [0.4, 0.5) is 0 Å². The second-order valence-electron chi connectivity index (χ2n) is 4.20. The van der Waals surface area contributed by atoms with E-state index in [0.29, 0.717) is 17.7 Å². The highest BCUT2D eigenvalue weighted by atomic mass is 16.5.